The highest BCUT2D eigenvalue weighted by Gasteiger charge is 2.20. The van der Waals surface area contributed by atoms with Crippen LogP contribution in [-0.2, 0) is 11.2 Å². The summed E-state index contributed by atoms with van der Waals surface area (Å²) in [6, 6.07) is 6.00. The van der Waals surface area contributed by atoms with Crippen molar-refractivity contribution in [2.45, 2.75) is 26.7 Å². The molecule has 0 unspecified atom stereocenters. The Hall–Kier alpha value is -2.70. The molecule has 0 aliphatic carbocycles. The Labute approximate surface area is 146 Å². The van der Waals surface area contributed by atoms with Crippen LogP contribution in [0.4, 0.5) is 4.39 Å². The first-order valence-electron chi connectivity index (χ1n) is 8.26. The fourth-order valence-electron chi connectivity index (χ4n) is 2.59. The monoisotopic (exact) mass is 346 g/mol. The number of hydrogen-bond acceptors (Lipinski definition) is 3. The van der Waals surface area contributed by atoms with Gasteiger partial charge in [0.1, 0.15) is 5.82 Å². The van der Waals surface area contributed by atoms with E-state index in [2.05, 4.69) is 10.4 Å². The molecule has 25 heavy (non-hydrogen) atoms. The molecule has 0 bridgehead atoms. The molecule has 2 rings (SSSR count). The summed E-state index contributed by atoms with van der Waals surface area (Å²) < 4.78 is 14.8. The van der Waals surface area contributed by atoms with Gasteiger partial charge in [-0.05, 0) is 37.1 Å². The lowest BCUT2D eigenvalue weighted by molar-refractivity contribution is -0.118. The van der Waals surface area contributed by atoms with Crippen molar-refractivity contribution in [2.24, 2.45) is 0 Å². The van der Waals surface area contributed by atoms with E-state index in [1.165, 1.54) is 19.1 Å². The van der Waals surface area contributed by atoms with Crippen LogP contribution in [0.15, 0.2) is 30.5 Å². The van der Waals surface area contributed by atoms with Crippen LogP contribution in [0.3, 0.4) is 0 Å². The Morgan fingerprint density at radius 1 is 1.28 bits per heavy atom. The second-order valence-electron chi connectivity index (χ2n) is 5.81. The summed E-state index contributed by atoms with van der Waals surface area (Å²) in [6.45, 7) is 4.48. The maximum atomic E-state index is 13.1. The number of carbonyl (C=O) groups excluding carboxylic acids is 2. The molecular formula is C18H23FN4O2. The highest BCUT2D eigenvalue weighted by Crippen LogP contribution is 2.17. The highest BCUT2D eigenvalue weighted by molar-refractivity contribution is 5.95. The van der Waals surface area contributed by atoms with E-state index in [0.29, 0.717) is 37.2 Å². The molecule has 134 valence electrons. The Morgan fingerprint density at radius 2 is 1.96 bits per heavy atom. The lowest BCUT2D eigenvalue weighted by atomic mass is 10.1. The van der Waals surface area contributed by atoms with Crippen LogP contribution < -0.4 is 5.32 Å². The second-order valence-corrected chi connectivity index (χ2v) is 5.81. The van der Waals surface area contributed by atoms with Crippen molar-refractivity contribution < 1.29 is 14.0 Å². The molecule has 1 aromatic carbocycles. The minimum absolute atomic E-state index is 0.0807. The van der Waals surface area contributed by atoms with Gasteiger partial charge in [-0.25, -0.2) is 9.07 Å². The molecule has 2 aromatic rings. The van der Waals surface area contributed by atoms with E-state index in [1.807, 2.05) is 6.92 Å². The van der Waals surface area contributed by atoms with E-state index in [0.717, 1.165) is 5.69 Å². The second kappa shape index (κ2) is 8.41. The molecule has 2 amide bonds. The quantitative estimate of drug-likeness (QED) is 0.782. The van der Waals surface area contributed by atoms with E-state index in [-0.39, 0.29) is 17.6 Å². The topological polar surface area (TPSA) is 67.2 Å². The third kappa shape index (κ3) is 4.65. The van der Waals surface area contributed by atoms with Gasteiger partial charge in [-0.15, -0.1) is 0 Å². The first-order chi connectivity index (χ1) is 11.9. The van der Waals surface area contributed by atoms with Crippen LogP contribution in [0.5, 0.6) is 0 Å². The van der Waals surface area contributed by atoms with Gasteiger partial charge in [0, 0.05) is 27.1 Å². The predicted molar refractivity (Wildman–Crippen MR) is 93.2 cm³/mol. The normalized spacial score (nSPS) is 10.6. The lowest BCUT2D eigenvalue weighted by Gasteiger charge is -2.17. The third-order valence-corrected chi connectivity index (χ3v) is 3.90. The summed E-state index contributed by atoms with van der Waals surface area (Å²) in [7, 11) is 1.73. The number of nitrogens with one attached hydrogen (secondary N) is 1. The maximum Gasteiger partial charge on any atom is 0.257 e. The predicted octanol–water partition coefficient (Wildman–Crippen LogP) is 2.17. The standard InChI is InChI=1S/C18H23FN4O2/c1-4-17-16(18(25)22(3)11-5-10-20-13(2)24)12-21-23(17)15-8-6-14(19)7-9-15/h6-9,12H,4-5,10-11H2,1-3H3,(H,20,24). The van der Waals surface area contributed by atoms with Gasteiger partial charge >= 0.3 is 0 Å². The zero-order chi connectivity index (χ0) is 18.4. The summed E-state index contributed by atoms with van der Waals surface area (Å²) in [5, 5.41) is 7.01. The number of halogens is 1. The zero-order valence-corrected chi connectivity index (χ0v) is 14.8. The lowest BCUT2D eigenvalue weighted by Crippen LogP contribution is -2.31. The van der Waals surface area contributed by atoms with Crippen molar-refractivity contribution in [2.75, 3.05) is 20.1 Å². The molecule has 6 nitrogen and oxygen atoms in total. The van der Waals surface area contributed by atoms with Crippen molar-refractivity contribution in [3.63, 3.8) is 0 Å². The summed E-state index contributed by atoms with van der Waals surface area (Å²) in [5.74, 6) is -0.514. The van der Waals surface area contributed by atoms with Gasteiger partial charge in [0.05, 0.1) is 23.1 Å². The van der Waals surface area contributed by atoms with Gasteiger partial charge < -0.3 is 10.2 Å². The van der Waals surface area contributed by atoms with E-state index in [4.69, 9.17) is 0 Å². The molecule has 7 heteroatoms. The SMILES string of the molecule is CCc1c(C(=O)N(C)CCCNC(C)=O)cnn1-c1ccc(F)cc1. The van der Waals surface area contributed by atoms with Crippen LogP contribution in [0.2, 0.25) is 0 Å². The first kappa shape index (κ1) is 18.6. The minimum Gasteiger partial charge on any atom is -0.356 e. The number of amides is 2. The Balaban J connectivity index is 2.12. The first-order valence-corrected chi connectivity index (χ1v) is 8.26. The molecule has 0 aliphatic rings. The van der Waals surface area contributed by atoms with Crippen LogP contribution in [0.25, 0.3) is 5.69 Å². The molecule has 0 aliphatic heterocycles. The molecule has 0 radical (unpaired) electrons. The highest BCUT2D eigenvalue weighted by atomic mass is 19.1. The number of rotatable bonds is 7. The van der Waals surface area contributed by atoms with Gasteiger partial charge in [0.2, 0.25) is 5.91 Å². The number of benzene rings is 1. The van der Waals surface area contributed by atoms with E-state index in [9.17, 15) is 14.0 Å². The van der Waals surface area contributed by atoms with Gasteiger partial charge in [-0.1, -0.05) is 6.92 Å². The van der Waals surface area contributed by atoms with E-state index < -0.39 is 0 Å². The summed E-state index contributed by atoms with van der Waals surface area (Å²) in [4.78, 5) is 25.2. The molecule has 0 saturated carbocycles. The Bertz CT molecular complexity index is 740. The van der Waals surface area contributed by atoms with Crippen molar-refractivity contribution in [3.05, 3.63) is 47.5 Å². The zero-order valence-electron chi connectivity index (χ0n) is 14.8. The van der Waals surface area contributed by atoms with E-state index in [1.54, 1.807) is 35.0 Å². The van der Waals surface area contributed by atoms with Crippen molar-refractivity contribution in [3.8, 4) is 5.69 Å². The van der Waals surface area contributed by atoms with Crippen molar-refractivity contribution in [1.82, 2.24) is 20.0 Å². The number of nitrogens with zero attached hydrogens (tertiary/aromatic N) is 3. The maximum absolute atomic E-state index is 13.1. The van der Waals surface area contributed by atoms with Gasteiger partial charge in [0.25, 0.3) is 5.91 Å². The average molecular weight is 346 g/mol. The molecular weight excluding hydrogens is 323 g/mol. The number of aromatic nitrogens is 2. The fraction of sp³-hybridized carbons (Fsp3) is 0.389. The van der Waals surface area contributed by atoms with Crippen LogP contribution in [-0.4, -0.2) is 46.6 Å². The average Bonchev–Trinajstić information content (AvgIpc) is 3.02. The summed E-state index contributed by atoms with van der Waals surface area (Å²) >= 11 is 0. The van der Waals surface area contributed by atoms with Crippen molar-refractivity contribution >= 4 is 11.8 Å². The van der Waals surface area contributed by atoms with Gasteiger partial charge in [-0.2, -0.15) is 5.10 Å². The molecule has 0 fully saturated rings. The fourth-order valence-corrected chi connectivity index (χ4v) is 2.59. The molecule has 0 spiro atoms. The van der Waals surface area contributed by atoms with Crippen LogP contribution in [0, 0.1) is 5.82 Å². The smallest absolute Gasteiger partial charge is 0.257 e. The molecule has 1 N–H and O–H groups in total. The Morgan fingerprint density at radius 3 is 2.56 bits per heavy atom. The molecule has 1 heterocycles. The number of carbonyl (C=O) groups is 2. The third-order valence-electron chi connectivity index (χ3n) is 3.90. The van der Waals surface area contributed by atoms with Crippen LogP contribution >= 0.6 is 0 Å². The molecule has 1 aromatic heterocycles. The van der Waals surface area contributed by atoms with Crippen molar-refractivity contribution in [1.29, 1.82) is 0 Å². The minimum atomic E-state index is -0.316. The van der Waals surface area contributed by atoms with Crippen LogP contribution in [0.1, 0.15) is 36.3 Å². The van der Waals surface area contributed by atoms with Gasteiger partial charge in [0.15, 0.2) is 0 Å². The Kier molecular flexibility index (Phi) is 6.27. The van der Waals surface area contributed by atoms with Gasteiger partial charge in [-0.3, -0.25) is 9.59 Å². The summed E-state index contributed by atoms with van der Waals surface area (Å²) in [5.41, 5.74) is 2.03. The molecule has 0 atom stereocenters. The molecule has 0 saturated heterocycles. The summed E-state index contributed by atoms with van der Waals surface area (Å²) in [6.07, 6.45) is 2.85. The van der Waals surface area contributed by atoms with E-state index >= 15 is 0 Å². The largest absolute Gasteiger partial charge is 0.356 e. The number of hydrogen-bond donors (Lipinski definition) is 1.